The molecule has 8 heteroatoms. The standard InChI is InChI=1S/C24H30N4O3S/c1-16-6-8-19(9-7-16)25-23(30)20(10-11-32-2)26-24(31)27-13-17-12-18(15-27)21-4-3-5-22(29)28(21)14-17/h3-9,17-18,20H,10-15H2,1-2H3,(H,25,30)(H,26,31). The van der Waals surface area contributed by atoms with Crippen LogP contribution in [-0.2, 0) is 11.3 Å². The maximum Gasteiger partial charge on any atom is 0.318 e. The lowest BCUT2D eigenvalue weighted by molar-refractivity contribution is -0.118. The zero-order valence-electron chi connectivity index (χ0n) is 18.5. The van der Waals surface area contributed by atoms with Crippen LogP contribution in [0.5, 0.6) is 0 Å². The van der Waals surface area contributed by atoms with Gasteiger partial charge < -0.3 is 20.1 Å². The molecule has 2 aliphatic heterocycles. The van der Waals surface area contributed by atoms with Gasteiger partial charge in [-0.15, -0.1) is 0 Å². The van der Waals surface area contributed by atoms with E-state index in [2.05, 4.69) is 10.6 Å². The first-order valence-corrected chi connectivity index (χ1v) is 12.5. The van der Waals surface area contributed by atoms with E-state index < -0.39 is 6.04 Å². The Bertz CT molecular complexity index is 1040. The summed E-state index contributed by atoms with van der Waals surface area (Å²) in [6.07, 6.45) is 3.53. The second-order valence-corrected chi connectivity index (χ2v) is 9.73. The summed E-state index contributed by atoms with van der Waals surface area (Å²) in [4.78, 5) is 40.1. The topological polar surface area (TPSA) is 83.4 Å². The highest BCUT2D eigenvalue weighted by Gasteiger charge is 2.37. The average molecular weight is 455 g/mol. The van der Waals surface area contributed by atoms with Crippen molar-refractivity contribution in [2.45, 2.75) is 38.3 Å². The zero-order chi connectivity index (χ0) is 22.7. The third-order valence-electron chi connectivity index (χ3n) is 6.31. The first kappa shape index (κ1) is 22.5. The van der Waals surface area contributed by atoms with Gasteiger partial charge in [0.2, 0.25) is 5.91 Å². The van der Waals surface area contributed by atoms with E-state index in [1.165, 1.54) is 0 Å². The quantitative estimate of drug-likeness (QED) is 0.703. The SMILES string of the molecule is CSCCC(NC(=O)N1CC2CC(C1)c1cccc(=O)n1C2)C(=O)Nc1ccc(C)cc1. The van der Waals surface area contributed by atoms with Crippen LogP contribution < -0.4 is 16.2 Å². The van der Waals surface area contributed by atoms with Crippen molar-refractivity contribution < 1.29 is 9.59 Å². The Hall–Kier alpha value is -2.74. The van der Waals surface area contributed by atoms with Crippen LogP contribution in [0.2, 0.25) is 0 Å². The number of piperidine rings is 1. The van der Waals surface area contributed by atoms with Gasteiger partial charge >= 0.3 is 6.03 Å². The Kier molecular flexibility index (Phi) is 6.89. The molecule has 0 saturated carbocycles. The van der Waals surface area contributed by atoms with Gasteiger partial charge in [-0.2, -0.15) is 11.8 Å². The maximum absolute atomic E-state index is 13.1. The average Bonchev–Trinajstić information content (AvgIpc) is 2.78. The maximum atomic E-state index is 13.1. The highest BCUT2D eigenvalue weighted by molar-refractivity contribution is 7.98. The Balaban J connectivity index is 1.43. The number of aromatic nitrogens is 1. The lowest BCUT2D eigenvalue weighted by Crippen LogP contribution is -2.55. The van der Waals surface area contributed by atoms with Crippen LogP contribution in [0.1, 0.15) is 30.0 Å². The lowest BCUT2D eigenvalue weighted by atomic mass is 9.83. The number of anilines is 1. The van der Waals surface area contributed by atoms with Crippen LogP contribution >= 0.6 is 11.8 Å². The van der Waals surface area contributed by atoms with Gasteiger partial charge in [-0.1, -0.05) is 23.8 Å². The van der Waals surface area contributed by atoms with E-state index in [1.54, 1.807) is 23.9 Å². The van der Waals surface area contributed by atoms with E-state index in [-0.39, 0.29) is 29.3 Å². The van der Waals surface area contributed by atoms with Crippen molar-refractivity contribution in [3.8, 4) is 0 Å². The molecule has 2 aromatic rings. The Morgan fingerprint density at radius 2 is 1.91 bits per heavy atom. The van der Waals surface area contributed by atoms with Crippen LogP contribution in [0.25, 0.3) is 0 Å². The molecule has 3 heterocycles. The van der Waals surface area contributed by atoms with Gasteiger partial charge in [0, 0.05) is 43.0 Å². The van der Waals surface area contributed by atoms with E-state index in [4.69, 9.17) is 0 Å². The summed E-state index contributed by atoms with van der Waals surface area (Å²) in [7, 11) is 0. The number of carbonyl (C=O) groups excluding carboxylic acids is 2. The summed E-state index contributed by atoms with van der Waals surface area (Å²) < 4.78 is 1.85. The van der Waals surface area contributed by atoms with E-state index in [0.29, 0.717) is 26.1 Å². The molecule has 170 valence electrons. The Labute approximate surface area is 192 Å². The fourth-order valence-electron chi connectivity index (χ4n) is 4.67. The molecule has 0 aliphatic carbocycles. The van der Waals surface area contributed by atoms with Gasteiger partial charge in [0.25, 0.3) is 5.56 Å². The van der Waals surface area contributed by atoms with E-state index in [1.807, 2.05) is 53.0 Å². The fourth-order valence-corrected chi connectivity index (χ4v) is 5.14. The summed E-state index contributed by atoms with van der Waals surface area (Å²) in [5, 5.41) is 5.90. The smallest absolute Gasteiger partial charge is 0.318 e. The molecule has 3 atom stereocenters. The summed E-state index contributed by atoms with van der Waals surface area (Å²) in [5.41, 5.74) is 2.87. The minimum Gasteiger partial charge on any atom is -0.326 e. The van der Waals surface area contributed by atoms with Gasteiger partial charge in [-0.25, -0.2) is 4.79 Å². The highest BCUT2D eigenvalue weighted by Crippen LogP contribution is 2.34. The summed E-state index contributed by atoms with van der Waals surface area (Å²) in [6, 6.07) is 12.2. The highest BCUT2D eigenvalue weighted by atomic mass is 32.2. The van der Waals surface area contributed by atoms with Crippen LogP contribution in [0.15, 0.2) is 47.3 Å². The number of nitrogens with zero attached hydrogens (tertiary/aromatic N) is 2. The number of rotatable bonds is 6. The zero-order valence-corrected chi connectivity index (χ0v) is 19.4. The van der Waals surface area contributed by atoms with Crippen LogP contribution in [-0.4, -0.2) is 52.5 Å². The second-order valence-electron chi connectivity index (χ2n) is 8.74. The molecule has 0 spiro atoms. The molecule has 1 aromatic heterocycles. The number of nitrogens with one attached hydrogen (secondary N) is 2. The van der Waals surface area contributed by atoms with Gasteiger partial charge in [-0.3, -0.25) is 9.59 Å². The first-order valence-electron chi connectivity index (χ1n) is 11.1. The summed E-state index contributed by atoms with van der Waals surface area (Å²) >= 11 is 1.65. The summed E-state index contributed by atoms with van der Waals surface area (Å²) in [5.74, 6) is 0.963. The number of aryl methyl sites for hydroxylation is 1. The molecule has 4 rings (SSSR count). The monoisotopic (exact) mass is 454 g/mol. The van der Waals surface area contributed by atoms with Crippen molar-refractivity contribution in [2.75, 3.05) is 30.4 Å². The Morgan fingerprint density at radius 3 is 2.66 bits per heavy atom. The number of urea groups is 1. The number of carbonyl (C=O) groups is 2. The minimum absolute atomic E-state index is 0.0278. The third kappa shape index (κ3) is 5.01. The molecule has 3 unspecified atom stereocenters. The van der Waals surface area contributed by atoms with E-state index >= 15 is 0 Å². The number of likely N-dealkylation sites (tertiary alicyclic amines) is 1. The van der Waals surface area contributed by atoms with E-state index in [0.717, 1.165) is 29.1 Å². The van der Waals surface area contributed by atoms with Crippen molar-refractivity contribution >= 4 is 29.4 Å². The largest absolute Gasteiger partial charge is 0.326 e. The number of benzene rings is 1. The van der Waals surface area contributed by atoms with Gasteiger partial charge in [0.05, 0.1) is 0 Å². The molecule has 2 N–H and O–H groups in total. The third-order valence-corrected chi connectivity index (χ3v) is 6.95. The van der Waals surface area contributed by atoms with Crippen molar-refractivity contribution in [2.24, 2.45) is 5.92 Å². The number of fused-ring (bicyclic) bond motifs is 4. The molecule has 2 aliphatic rings. The van der Waals surface area contributed by atoms with Crippen molar-refractivity contribution in [3.05, 3.63) is 64.1 Å². The predicted molar refractivity (Wildman–Crippen MR) is 128 cm³/mol. The first-order chi connectivity index (χ1) is 15.4. The summed E-state index contributed by atoms with van der Waals surface area (Å²) in [6.45, 7) is 3.79. The number of hydrogen-bond donors (Lipinski definition) is 2. The van der Waals surface area contributed by atoms with Crippen LogP contribution in [0.3, 0.4) is 0 Å². The minimum atomic E-state index is -0.604. The molecule has 0 radical (unpaired) electrons. The normalized spacial score (nSPS) is 20.2. The molecule has 2 bridgehead atoms. The molecule has 1 saturated heterocycles. The van der Waals surface area contributed by atoms with Crippen LogP contribution in [0.4, 0.5) is 10.5 Å². The van der Waals surface area contributed by atoms with Gasteiger partial charge in [0.1, 0.15) is 6.04 Å². The molecular weight excluding hydrogens is 424 g/mol. The molecule has 7 nitrogen and oxygen atoms in total. The molecule has 1 fully saturated rings. The van der Waals surface area contributed by atoms with Crippen LogP contribution in [0, 0.1) is 12.8 Å². The van der Waals surface area contributed by atoms with Crippen molar-refractivity contribution in [1.82, 2.24) is 14.8 Å². The second kappa shape index (κ2) is 9.81. The van der Waals surface area contributed by atoms with Crippen molar-refractivity contribution in [1.29, 1.82) is 0 Å². The molecule has 1 aromatic carbocycles. The van der Waals surface area contributed by atoms with Crippen molar-refractivity contribution in [3.63, 3.8) is 0 Å². The fraction of sp³-hybridized carbons (Fsp3) is 0.458. The predicted octanol–water partition coefficient (Wildman–Crippen LogP) is 3.05. The number of amides is 3. The number of hydrogen-bond acceptors (Lipinski definition) is 4. The van der Waals surface area contributed by atoms with Gasteiger partial charge in [-0.05, 0) is 55.9 Å². The van der Waals surface area contributed by atoms with Gasteiger partial charge in [0.15, 0.2) is 0 Å². The number of thioether (sulfide) groups is 1. The van der Waals surface area contributed by atoms with E-state index in [9.17, 15) is 14.4 Å². The number of pyridine rings is 1. The lowest BCUT2D eigenvalue weighted by Gasteiger charge is -2.43. The molecule has 3 amide bonds. The molecular formula is C24H30N4O3S. The molecule has 32 heavy (non-hydrogen) atoms. The Morgan fingerprint density at radius 1 is 1.12 bits per heavy atom.